The van der Waals surface area contributed by atoms with Crippen molar-refractivity contribution in [2.45, 2.75) is 6.04 Å². The molecule has 0 heterocycles. The predicted molar refractivity (Wildman–Crippen MR) is 61.8 cm³/mol. The highest BCUT2D eigenvalue weighted by Crippen LogP contribution is 2.16. The Kier molecular flexibility index (Phi) is 2.93. The van der Waals surface area contributed by atoms with Gasteiger partial charge in [0.15, 0.2) is 6.04 Å². The fourth-order valence-electron chi connectivity index (χ4n) is 1.68. The Hall–Kier alpha value is -1.89. The van der Waals surface area contributed by atoms with Gasteiger partial charge in [-0.1, -0.05) is 60.7 Å². The molecule has 0 bridgehead atoms. The van der Waals surface area contributed by atoms with Crippen molar-refractivity contribution in [3.8, 4) is 0 Å². The quantitative estimate of drug-likeness (QED) is 0.562. The smallest absolute Gasteiger partial charge is 0.171 e. The minimum absolute atomic E-state index is 0.0624. The van der Waals surface area contributed by atoms with E-state index in [0.717, 1.165) is 0 Å². The van der Waals surface area contributed by atoms with Crippen LogP contribution in [0.1, 0.15) is 17.2 Å². The summed E-state index contributed by atoms with van der Waals surface area (Å²) in [5, 5.41) is 0. The van der Waals surface area contributed by atoms with Crippen LogP contribution in [-0.4, -0.2) is 6.72 Å². The normalized spacial score (nSPS) is 10.2. The van der Waals surface area contributed by atoms with Crippen molar-refractivity contribution in [2.75, 3.05) is 0 Å². The molecule has 74 valence electrons. The second-order valence-electron chi connectivity index (χ2n) is 3.42. The Labute approximate surface area is 90.1 Å². The van der Waals surface area contributed by atoms with E-state index < -0.39 is 0 Å². The van der Waals surface area contributed by atoms with Crippen molar-refractivity contribution in [1.82, 2.24) is 0 Å². The van der Waals surface area contributed by atoms with Gasteiger partial charge in [-0.05, 0) is 0 Å². The summed E-state index contributed by atoms with van der Waals surface area (Å²) in [6.45, 7) is 5.59. The third-order valence-corrected chi connectivity index (χ3v) is 2.43. The molecule has 0 atom stereocenters. The van der Waals surface area contributed by atoms with Gasteiger partial charge >= 0.3 is 0 Å². The molecule has 1 nitrogen and oxygen atoms in total. The van der Waals surface area contributed by atoms with Gasteiger partial charge in [0, 0.05) is 11.1 Å². The van der Waals surface area contributed by atoms with Crippen LogP contribution in [0.2, 0.25) is 0 Å². The maximum Gasteiger partial charge on any atom is 0.171 e. The van der Waals surface area contributed by atoms with Crippen LogP contribution in [0.5, 0.6) is 0 Å². The molecule has 0 saturated heterocycles. The Morgan fingerprint density at radius 2 is 1.13 bits per heavy atom. The molecule has 0 radical (unpaired) electrons. The molecule has 1 N–H and O–H groups in total. The van der Waals surface area contributed by atoms with E-state index in [0.29, 0.717) is 0 Å². The zero-order valence-electron chi connectivity index (χ0n) is 8.43. The monoisotopic (exact) mass is 195 g/mol. The molecule has 1 heteroatoms. The van der Waals surface area contributed by atoms with E-state index in [1.807, 2.05) is 36.4 Å². The molecule has 0 amide bonds. The van der Waals surface area contributed by atoms with Gasteiger partial charge in [-0.2, -0.15) is 0 Å². The van der Waals surface area contributed by atoms with Gasteiger partial charge in [-0.25, -0.2) is 6.72 Å². The average molecular weight is 195 g/mol. The highest BCUT2D eigenvalue weighted by atomic mass is 14.7. The molecule has 0 fully saturated rings. The van der Waals surface area contributed by atoms with E-state index >= 15 is 0 Å². The van der Waals surface area contributed by atoms with Crippen LogP contribution in [0.15, 0.2) is 60.7 Å². The van der Waals surface area contributed by atoms with E-state index in [1.165, 1.54) is 11.1 Å². The topological polar surface area (TPSA) is 14.0 Å². The fourth-order valence-corrected chi connectivity index (χ4v) is 1.68. The Morgan fingerprint density at radius 1 is 0.733 bits per heavy atom. The van der Waals surface area contributed by atoms with Crippen molar-refractivity contribution < 1.29 is 4.99 Å². The van der Waals surface area contributed by atoms with E-state index in [2.05, 4.69) is 29.3 Å². The summed E-state index contributed by atoms with van der Waals surface area (Å²) in [7, 11) is 0. The molecule has 0 unspecified atom stereocenters. The molecule has 0 saturated carbocycles. The van der Waals surface area contributed by atoms with E-state index in [9.17, 15) is 0 Å². The third kappa shape index (κ3) is 2.13. The first-order valence-electron chi connectivity index (χ1n) is 4.98. The summed E-state index contributed by atoms with van der Waals surface area (Å²) >= 11 is 0. The molecule has 0 aromatic heterocycles. The Morgan fingerprint density at radius 3 is 1.47 bits per heavy atom. The molecule has 2 aromatic rings. The lowest BCUT2D eigenvalue weighted by atomic mass is 10.00. The number of nitrogens with one attached hydrogen (secondary N) is 1. The number of benzene rings is 2. The Bertz CT molecular complexity index is 380. The van der Waals surface area contributed by atoms with Gasteiger partial charge < -0.3 is 4.99 Å². The highest BCUT2D eigenvalue weighted by Gasteiger charge is 2.12. The molecule has 0 aliphatic heterocycles. The van der Waals surface area contributed by atoms with Crippen molar-refractivity contribution in [1.29, 1.82) is 0 Å². The van der Waals surface area contributed by atoms with Crippen LogP contribution in [0.3, 0.4) is 0 Å². The zero-order chi connectivity index (χ0) is 10.5. The van der Waals surface area contributed by atoms with E-state index in [4.69, 9.17) is 6.72 Å². The van der Waals surface area contributed by atoms with Crippen molar-refractivity contribution >= 4 is 6.72 Å². The second-order valence-corrected chi connectivity index (χ2v) is 3.42. The van der Waals surface area contributed by atoms with E-state index in [-0.39, 0.29) is 6.04 Å². The lowest BCUT2D eigenvalue weighted by molar-refractivity contribution is -0.488. The number of hydrogen-bond acceptors (Lipinski definition) is 0. The predicted octanol–water partition coefficient (Wildman–Crippen LogP) is 1.43. The lowest BCUT2D eigenvalue weighted by Crippen LogP contribution is -2.68. The summed E-state index contributed by atoms with van der Waals surface area (Å²) in [6.07, 6.45) is 0. The molecule has 15 heavy (non-hydrogen) atoms. The van der Waals surface area contributed by atoms with Crippen LogP contribution in [0.25, 0.3) is 0 Å². The molecule has 2 aromatic carbocycles. The SMILES string of the molecule is [CH-]=[NH+]C(c1ccccc1)c1ccccc1. The maximum absolute atomic E-state index is 5.59. The largest absolute Gasteiger partial charge is 0.419 e. The fraction of sp³-hybridized carbons (Fsp3) is 0.0714. The zero-order valence-corrected chi connectivity index (χ0v) is 8.43. The van der Waals surface area contributed by atoms with Crippen molar-refractivity contribution in [2.24, 2.45) is 0 Å². The Balaban J connectivity index is 2.38. The summed E-state index contributed by atoms with van der Waals surface area (Å²) < 4.78 is 0. The van der Waals surface area contributed by atoms with Gasteiger partial charge in [0.25, 0.3) is 0 Å². The minimum Gasteiger partial charge on any atom is -0.419 e. The number of rotatable bonds is 3. The van der Waals surface area contributed by atoms with Gasteiger partial charge in [-0.15, -0.1) is 0 Å². The summed E-state index contributed by atoms with van der Waals surface area (Å²) in [5.74, 6) is 0. The van der Waals surface area contributed by atoms with Crippen molar-refractivity contribution in [3.05, 3.63) is 71.8 Å². The highest BCUT2D eigenvalue weighted by molar-refractivity contribution is 5.30. The van der Waals surface area contributed by atoms with Crippen LogP contribution < -0.4 is 4.99 Å². The van der Waals surface area contributed by atoms with E-state index in [1.54, 1.807) is 0 Å². The van der Waals surface area contributed by atoms with Gasteiger partial charge in [0.1, 0.15) is 0 Å². The first-order valence-corrected chi connectivity index (χ1v) is 4.98. The van der Waals surface area contributed by atoms with Crippen LogP contribution >= 0.6 is 0 Å². The lowest BCUT2D eigenvalue weighted by Gasteiger charge is -2.10. The van der Waals surface area contributed by atoms with Crippen LogP contribution in [0, 0.1) is 0 Å². The van der Waals surface area contributed by atoms with Gasteiger partial charge in [0.2, 0.25) is 0 Å². The van der Waals surface area contributed by atoms with Crippen molar-refractivity contribution in [3.63, 3.8) is 0 Å². The van der Waals surface area contributed by atoms with Crippen LogP contribution in [0.4, 0.5) is 0 Å². The molecule has 0 spiro atoms. The summed E-state index contributed by atoms with van der Waals surface area (Å²) in [5.41, 5.74) is 2.34. The average Bonchev–Trinajstić information content (AvgIpc) is 2.33. The molecular weight excluding hydrogens is 182 g/mol. The second kappa shape index (κ2) is 4.56. The number of hydrogen-bond donors (Lipinski definition) is 1. The molecule has 0 aliphatic carbocycles. The standard InChI is InChI=1S/C14H13N/c1-15-14(12-8-4-2-5-9-12)13-10-6-3-7-11-13/h1-11,14-15H. The maximum atomic E-state index is 5.59. The molecular formula is C14H13N. The third-order valence-electron chi connectivity index (χ3n) is 2.43. The van der Waals surface area contributed by atoms with Gasteiger partial charge in [-0.3, -0.25) is 0 Å². The molecule has 0 aliphatic rings. The summed E-state index contributed by atoms with van der Waals surface area (Å²) in [6, 6.07) is 20.4. The summed E-state index contributed by atoms with van der Waals surface area (Å²) in [4.78, 5) is 2.83. The van der Waals surface area contributed by atoms with Gasteiger partial charge in [0.05, 0.1) is 0 Å². The first-order chi connectivity index (χ1) is 7.42. The molecule has 2 rings (SSSR count). The van der Waals surface area contributed by atoms with Crippen LogP contribution in [-0.2, 0) is 0 Å². The first kappa shape index (κ1) is 9.66. The minimum atomic E-state index is 0.0624.